The van der Waals surface area contributed by atoms with E-state index in [4.69, 9.17) is 5.73 Å². The lowest BCUT2D eigenvalue weighted by molar-refractivity contribution is 0.228. The molecule has 2 unspecified atom stereocenters. The molecule has 0 saturated carbocycles. The number of nitrogens with two attached hydrogens (primary N) is 1. The summed E-state index contributed by atoms with van der Waals surface area (Å²) in [5, 5.41) is 4.52. The molecule has 0 amide bonds. The van der Waals surface area contributed by atoms with Gasteiger partial charge in [0.25, 0.3) is 0 Å². The van der Waals surface area contributed by atoms with Gasteiger partial charge in [-0.05, 0) is 40.3 Å². The van der Waals surface area contributed by atoms with Crippen molar-refractivity contribution in [1.82, 2.24) is 14.7 Å². The molecule has 2 atom stereocenters. The highest BCUT2D eigenvalue weighted by molar-refractivity contribution is 5.29. The molecular weight excluding hydrogens is 212 g/mol. The van der Waals surface area contributed by atoms with E-state index in [1.807, 2.05) is 11.7 Å². The van der Waals surface area contributed by atoms with E-state index in [2.05, 4.69) is 30.9 Å². The molecule has 0 aromatic carbocycles. The molecule has 0 bridgehead atoms. The van der Waals surface area contributed by atoms with E-state index in [-0.39, 0.29) is 6.04 Å². The van der Waals surface area contributed by atoms with Crippen molar-refractivity contribution in [2.45, 2.75) is 45.2 Å². The summed E-state index contributed by atoms with van der Waals surface area (Å²) in [7, 11) is 4.19. The van der Waals surface area contributed by atoms with Crippen molar-refractivity contribution < 1.29 is 0 Å². The third kappa shape index (κ3) is 2.24. The minimum Gasteiger partial charge on any atom is -0.326 e. The largest absolute Gasteiger partial charge is 0.326 e. The molecule has 17 heavy (non-hydrogen) atoms. The average Bonchev–Trinajstić information content (AvgIpc) is 2.44. The number of hydrogen-bond donors (Lipinski definition) is 1. The van der Waals surface area contributed by atoms with Crippen molar-refractivity contribution in [1.29, 1.82) is 0 Å². The first-order chi connectivity index (χ1) is 8.02. The van der Waals surface area contributed by atoms with Crippen LogP contribution in [-0.2, 0) is 7.05 Å². The molecule has 1 aromatic rings. The number of aryl methyl sites for hydroxylation is 2. The van der Waals surface area contributed by atoms with Gasteiger partial charge in [-0.1, -0.05) is 6.42 Å². The van der Waals surface area contributed by atoms with Crippen molar-refractivity contribution in [3.63, 3.8) is 0 Å². The predicted octanol–water partition coefficient (Wildman–Crippen LogP) is 1.52. The highest BCUT2D eigenvalue weighted by Gasteiger charge is 2.30. The lowest BCUT2D eigenvalue weighted by atomic mass is 9.95. The number of likely N-dealkylation sites (tertiary alicyclic amines) is 1. The van der Waals surface area contributed by atoms with Gasteiger partial charge < -0.3 is 5.73 Å². The third-order valence-electron chi connectivity index (χ3n) is 4.04. The molecule has 4 heteroatoms. The van der Waals surface area contributed by atoms with Crippen LogP contribution in [0.2, 0.25) is 0 Å². The fourth-order valence-electron chi connectivity index (χ4n) is 3.02. The fourth-order valence-corrected chi connectivity index (χ4v) is 3.02. The van der Waals surface area contributed by atoms with Crippen LogP contribution in [0.5, 0.6) is 0 Å². The van der Waals surface area contributed by atoms with Gasteiger partial charge in [0.1, 0.15) is 0 Å². The molecule has 1 aliphatic heterocycles. The lowest BCUT2D eigenvalue weighted by Gasteiger charge is -2.30. The van der Waals surface area contributed by atoms with Crippen LogP contribution in [0.3, 0.4) is 0 Å². The molecule has 1 saturated heterocycles. The maximum absolute atomic E-state index is 6.37. The molecule has 4 nitrogen and oxygen atoms in total. The van der Waals surface area contributed by atoms with Crippen LogP contribution in [0.25, 0.3) is 0 Å². The van der Waals surface area contributed by atoms with E-state index < -0.39 is 0 Å². The Kier molecular flexibility index (Phi) is 3.54. The zero-order chi connectivity index (χ0) is 12.6. The summed E-state index contributed by atoms with van der Waals surface area (Å²) in [4.78, 5) is 2.40. The van der Waals surface area contributed by atoms with E-state index in [1.54, 1.807) is 0 Å². The van der Waals surface area contributed by atoms with Gasteiger partial charge in [-0.2, -0.15) is 5.10 Å². The zero-order valence-corrected chi connectivity index (χ0v) is 11.4. The number of hydrogen-bond acceptors (Lipinski definition) is 3. The van der Waals surface area contributed by atoms with Crippen LogP contribution >= 0.6 is 0 Å². The minimum atomic E-state index is 0.226. The standard InChI is InChI=1S/C13H24N4/c1-9-12(10(2)17(4)15-9)13-11(14)7-5-6-8-16(13)3/h11,13H,5-8,14H2,1-4H3. The van der Waals surface area contributed by atoms with Crippen LogP contribution in [-0.4, -0.2) is 34.3 Å². The zero-order valence-electron chi connectivity index (χ0n) is 11.4. The Bertz CT molecular complexity index is 384. The van der Waals surface area contributed by atoms with Gasteiger partial charge in [0.15, 0.2) is 0 Å². The van der Waals surface area contributed by atoms with E-state index in [9.17, 15) is 0 Å². The van der Waals surface area contributed by atoms with Gasteiger partial charge in [-0.25, -0.2) is 0 Å². The van der Waals surface area contributed by atoms with Crippen molar-refractivity contribution in [3.05, 3.63) is 17.0 Å². The molecular formula is C13H24N4. The maximum atomic E-state index is 6.37. The molecule has 2 heterocycles. The molecule has 0 aliphatic carbocycles. The summed E-state index contributed by atoms with van der Waals surface area (Å²) in [5.41, 5.74) is 10.1. The number of rotatable bonds is 1. The molecule has 96 valence electrons. The van der Waals surface area contributed by atoms with Crippen LogP contribution in [0, 0.1) is 13.8 Å². The summed E-state index contributed by atoms with van der Waals surface area (Å²) in [5.74, 6) is 0. The quantitative estimate of drug-likeness (QED) is 0.804. The highest BCUT2D eigenvalue weighted by atomic mass is 15.3. The summed E-state index contributed by atoms with van der Waals surface area (Å²) < 4.78 is 1.97. The first kappa shape index (κ1) is 12.6. The second-order valence-corrected chi connectivity index (χ2v) is 5.29. The smallest absolute Gasteiger partial charge is 0.0644 e. The predicted molar refractivity (Wildman–Crippen MR) is 69.9 cm³/mol. The Morgan fingerprint density at radius 3 is 2.53 bits per heavy atom. The number of nitrogens with zero attached hydrogens (tertiary/aromatic N) is 3. The van der Waals surface area contributed by atoms with Crippen LogP contribution in [0.1, 0.15) is 42.3 Å². The molecule has 1 fully saturated rings. The van der Waals surface area contributed by atoms with Crippen molar-refractivity contribution in [2.75, 3.05) is 13.6 Å². The Hall–Kier alpha value is -0.870. The highest BCUT2D eigenvalue weighted by Crippen LogP contribution is 2.31. The van der Waals surface area contributed by atoms with Crippen molar-refractivity contribution in [2.24, 2.45) is 12.8 Å². The van der Waals surface area contributed by atoms with Gasteiger partial charge in [-0.15, -0.1) is 0 Å². The molecule has 2 rings (SSSR count). The molecule has 0 spiro atoms. The Balaban J connectivity index is 2.41. The monoisotopic (exact) mass is 236 g/mol. The van der Waals surface area contributed by atoms with E-state index >= 15 is 0 Å². The third-order valence-corrected chi connectivity index (χ3v) is 4.04. The van der Waals surface area contributed by atoms with Crippen LogP contribution in [0.15, 0.2) is 0 Å². The first-order valence-corrected chi connectivity index (χ1v) is 6.48. The molecule has 1 aliphatic rings. The first-order valence-electron chi connectivity index (χ1n) is 6.48. The summed E-state index contributed by atoms with van der Waals surface area (Å²) in [6, 6.07) is 0.551. The topological polar surface area (TPSA) is 47.1 Å². The fraction of sp³-hybridized carbons (Fsp3) is 0.769. The van der Waals surface area contributed by atoms with E-state index in [1.165, 1.54) is 24.1 Å². The average molecular weight is 236 g/mol. The summed E-state index contributed by atoms with van der Waals surface area (Å²) >= 11 is 0. The molecule has 0 radical (unpaired) electrons. The Morgan fingerprint density at radius 1 is 1.24 bits per heavy atom. The number of aromatic nitrogens is 2. The van der Waals surface area contributed by atoms with Crippen LogP contribution < -0.4 is 5.73 Å². The van der Waals surface area contributed by atoms with Gasteiger partial charge in [0.2, 0.25) is 0 Å². The molecule has 2 N–H and O–H groups in total. The van der Waals surface area contributed by atoms with Gasteiger partial charge >= 0.3 is 0 Å². The van der Waals surface area contributed by atoms with Gasteiger partial charge in [-0.3, -0.25) is 9.58 Å². The van der Waals surface area contributed by atoms with Crippen LogP contribution in [0.4, 0.5) is 0 Å². The summed E-state index contributed by atoms with van der Waals surface area (Å²) in [6.07, 6.45) is 3.60. The van der Waals surface area contributed by atoms with Gasteiger partial charge in [0, 0.05) is 24.3 Å². The second kappa shape index (κ2) is 4.78. The minimum absolute atomic E-state index is 0.226. The summed E-state index contributed by atoms with van der Waals surface area (Å²) in [6.45, 7) is 5.36. The second-order valence-electron chi connectivity index (χ2n) is 5.29. The Morgan fingerprint density at radius 2 is 1.94 bits per heavy atom. The van der Waals surface area contributed by atoms with Gasteiger partial charge in [0.05, 0.1) is 11.7 Å². The lowest BCUT2D eigenvalue weighted by Crippen LogP contribution is -2.38. The molecule has 1 aromatic heterocycles. The van der Waals surface area contributed by atoms with E-state index in [0.29, 0.717) is 6.04 Å². The van der Waals surface area contributed by atoms with Crippen molar-refractivity contribution >= 4 is 0 Å². The maximum Gasteiger partial charge on any atom is 0.0644 e. The Labute approximate surface area is 104 Å². The number of likely N-dealkylation sites (N-methyl/N-ethyl adjacent to an activating group) is 1. The van der Waals surface area contributed by atoms with E-state index in [0.717, 1.165) is 18.7 Å². The normalized spacial score (nSPS) is 27.1. The van der Waals surface area contributed by atoms with Crippen molar-refractivity contribution in [3.8, 4) is 0 Å². The SMILES string of the molecule is Cc1nn(C)c(C)c1C1C(N)CCCCN1C.